The molecule has 0 unspecified atom stereocenters. The van der Waals surface area contributed by atoms with Gasteiger partial charge in [-0.1, -0.05) is 12.1 Å². The van der Waals surface area contributed by atoms with Crippen molar-refractivity contribution in [2.45, 2.75) is 40.0 Å². The number of nitrogens with one attached hydrogen (secondary N) is 2. The van der Waals surface area contributed by atoms with E-state index in [9.17, 15) is 13.2 Å². The minimum absolute atomic E-state index is 0.151. The first-order valence-corrected chi connectivity index (χ1v) is 10.5. The molecular weight excluding hydrogens is 417 g/mol. The van der Waals surface area contributed by atoms with Crippen molar-refractivity contribution in [1.82, 2.24) is 15.6 Å². The number of benzene rings is 1. The molecule has 0 aliphatic heterocycles. The van der Waals surface area contributed by atoms with Crippen LogP contribution in [0.1, 0.15) is 35.7 Å². The largest absolute Gasteiger partial charge is 0.491 e. The van der Waals surface area contributed by atoms with Crippen molar-refractivity contribution in [3.8, 4) is 5.75 Å². The number of ether oxygens (including phenoxy) is 2. The van der Waals surface area contributed by atoms with Crippen molar-refractivity contribution < 1.29 is 22.6 Å². The average molecular weight is 445 g/mol. The molecule has 0 aliphatic carbocycles. The highest BCUT2D eigenvalue weighted by Crippen LogP contribution is 2.29. The van der Waals surface area contributed by atoms with Gasteiger partial charge < -0.3 is 20.1 Å². The predicted molar refractivity (Wildman–Crippen MR) is 112 cm³/mol. The number of guanidine groups is 1. The Morgan fingerprint density at radius 1 is 1.20 bits per heavy atom. The molecule has 1 heterocycles. The zero-order valence-electron chi connectivity index (χ0n) is 17.3. The van der Waals surface area contributed by atoms with E-state index in [1.54, 1.807) is 0 Å². The molecule has 0 bridgehead atoms. The quantitative estimate of drug-likeness (QED) is 0.328. The highest BCUT2D eigenvalue weighted by atomic mass is 32.1. The summed E-state index contributed by atoms with van der Waals surface area (Å²) in [5, 5.41) is 7.45. The number of aryl methyl sites for hydroxylation is 1. The van der Waals surface area contributed by atoms with Crippen LogP contribution in [0.3, 0.4) is 0 Å². The van der Waals surface area contributed by atoms with Gasteiger partial charge in [0.15, 0.2) is 11.7 Å². The lowest BCUT2D eigenvalue weighted by Gasteiger charge is -2.13. The molecule has 10 heteroatoms. The molecule has 0 atom stereocenters. The third-order valence-corrected chi connectivity index (χ3v) is 4.76. The van der Waals surface area contributed by atoms with Gasteiger partial charge >= 0.3 is 6.18 Å². The van der Waals surface area contributed by atoms with Crippen molar-refractivity contribution >= 4 is 17.3 Å². The SMILES string of the molecule is CCNC(=NCc1ccc(C)cc1OCCOCC)NCc1nc(C(F)(F)F)cs1. The minimum atomic E-state index is -4.43. The van der Waals surface area contributed by atoms with Crippen molar-refractivity contribution in [3.05, 3.63) is 45.4 Å². The molecule has 30 heavy (non-hydrogen) atoms. The first-order chi connectivity index (χ1) is 14.3. The smallest absolute Gasteiger partial charge is 0.434 e. The second-order valence-corrected chi connectivity index (χ2v) is 7.27. The molecule has 0 saturated carbocycles. The maximum absolute atomic E-state index is 12.7. The van der Waals surface area contributed by atoms with E-state index in [-0.39, 0.29) is 6.54 Å². The van der Waals surface area contributed by atoms with E-state index < -0.39 is 11.9 Å². The summed E-state index contributed by atoms with van der Waals surface area (Å²) in [5.41, 5.74) is 1.10. The second kappa shape index (κ2) is 11.8. The topological polar surface area (TPSA) is 67.8 Å². The third-order valence-electron chi connectivity index (χ3n) is 3.91. The number of rotatable bonds is 10. The summed E-state index contributed by atoms with van der Waals surface area (Å²) in [6, 6.07) is 5.88. The van der Waals surface area contributed by atoms with Gasteiger partial charge in [0.1, 0.15) is 17.4 Å². The fourth-order valence-electron chi connectivity index (χ4n) is 2.47. The molecule has 2 rings (SSSR count). The molecule has 0 saturated heterocycles. The zero-order chi connectivity index (χ0) is 22.0. The lowest BCUT2D eigenvalue weighted by Crippen LogP contribution is -2.36. The summed E-state index contributed by atoms with van der Waals surface area (Å²) >= 11 is 0.960. The number of aromatic nitrogens is 1. The van der Waals surface area contributed by atoms with Crippen molar-refractivity contribution in [2.24, 2.45) is 4.99 Å². The Balaban J connectivity index is 2.02. The molecule has 166 valence electrons. The number of hydrogen-bond donors (Lipinski definition) is 2. The maximum atomic E-state index is 12.7. The van der Waals surface area contributed by atoms with E-state index in [4.69, 9.17) is 9.47 Å². The van der Waals surface area contributed by atoms with Crippen LogP contribution in [0.25, 0.3) is 0 Å². The van der Waals surface area contributed by atoms with Gasteiger partial charge in [-0.25, -0.2) is 9.98 Å². The van der Waals surface area contributed by atoms with Crippen LogP contribution >= 0.6 is 11.3 Å². The Hall–Kier alpha value is -2.33. The summed E-state index contributed by atoms with van der Waals surface area (Å²) in [7, 11) is 0. The highest BCUT2D eigenvalue weighted by Gasteiger charge is 2.33. The molecule has 6 nitrogen and oxygen atoms in total. The van der Waals surface area contributed by atoms with E-state index >= 15 is 0 Å². The van der Waals surface area contributed by atoms with Gasteiger partial charge in [0.25, 0.3) is 0 Å². The average Bonchev–Trinajstić information content (AvgIpc) is 3.18. The van der Waals surface area contributed by atoms with Crippen LogP contribution in [0.2, 0.25) is 0 Å². The van der Waals surface area contributed by atoms with Gasteiger partial charge in [-0.05, 0) is 32.4 Å². The molecule has 0 fully saturated rings. The highest BCUT2D eigenvalue weighted by molar-refractivity contribution is 7.09. The maximum Gasteiger partial charge on any atom is 0.434 e. The fourth-order valence-corrected chi connectivity index (χ4v) is 3.21. The second-order valence-electron chi connectivity index (χ2n) is 6.33. The first kappa shape index (κ1) is 23.9. The van der Waals surface area contributed by atoms with Crippen LogP contribution in [0, 0.1) is 6.92 Å². The number of aliphatic imine (C=N–C) groups is 1. The van der Waals surface area contributed by atoms with Crippen LogP contribution in [0.15, 0.2) is 28.6 Å². The normalized spacial score (nSPS) is 12.1. The van der Waals surface area contributed by atoms with E-state index in [2.05, 4.69) is 20.6 Å². The Morgan fingerprint density at radius 2 is 2.00 bits per heavy atom. The molecule has 2 N–H and O–H groups in total. The molecule has 0 radical (unpaired) electrons. The summed E-state index contributed by atoms with van der Waals surface area (Å²) < 4.78 is 49.2. The van der Waals surface area contributed by atoms with Gasteiger partial charge in [0, 0.05) is 24.1 Å². The molecule has 0 spiro atoms. The molecule has 1 aromatic carbocycles. The standard InChI is InChI=1S/C20H27F3N4O2S/c1-4-24-19(26-12-18-27-17(13-30-18)20(21,22)23)25-11-15-7-6-14(3)10-16(15)29-9-8-28-5-2/h6-7,10,13H,4-5,8-9,11-12H2,1-3H3,(H2,24,25,26). The van der Waals surface area contributed by atoms with Crippen LogP contribution in [0.5, 0.6) is 5.75 Å². The Bertz CT molecular complexity index is 825. The number of nitrogens with zero attached hydrogens (tertiary/aromatic N) is 2. The van der Waals surface area contributed by atoms with Crippen LogP contribution in [-0.2, 0) is 24.0 Å². The van der Waals surface area contributed by atoms with Gasteiger partial charge in [-0.2, -0.15) is 13.2 Å². The monoisotopic (exact) mass is 444 g/mol. The first-order valence-electron chi connectivity index (χ1n) is 9.67. The number of alkyl halides is 3. The molecule has 0 aliphatic rings. The van der Waals surface area contributed by atoms with E-state index in [1.165, 1.54) is 0 Å². The predicted octanol–water partition coefficient (Wildman–Crippen LogP) is 4.14. The van der Waals surface area contributed by atoms with Gasteiger partial charge in [0.2, 0.25) is 0 Å². The minimum Gasteiger partial charge on any atom is -0.491 e. The van der Waals surface area contributed by atoms with E-state index in [0.29, 0.717) is 43.9 Å². The van der Waals surface area contributed by atoms with Crippen LogP contribution in [0.4, 0.5) is 13.2 Å². The van der Waals surface area contributed by atoms with Gasteiger partial charge in [-0.15, -0.1) is 11.3 Å². The number of hydrogen-bond acceptors (Lipinski definition) is 5. The van der Waals surface area contributed by atoms with Crippen molar-refractivity contribution in [2.75, 3.05) is 26.4 Å². The van der Waals surface area contributed by atoms with E-state index in [0.717, 1.165) is 33.6 Å². The summed E-state index contributed by atoms with van der Waals surface area (Å²) in [5.74, 6) is 1.23. The Kier molecular flexibility index (Phi) is 9.38. The molecule has 2 aromatic rings. The summed E-state index contributed by atoms with van der Waals surface area (Å²) in [4.78, 5) is 8.15. The molecule has 0 amide bonds. The van der Waals surface area contributed by atoms with Gasteiger partial charge in [-0.3, -0.25) is 0 Å². The molecule has 1 aromatic heterocycles. The lowest BCUT2D eigenvalue weighted by atomic mass is 10.1. The lowest BCUT2D eigenvalue weighted by molar-refractivity contribution is -0.140. The summed E-state index contributed by atoms with van der Waals surface area (Å²) in [6.07, 6.45) is -4.43. The van der Waals surface area contributed by atoms with Crippen molar-refractivity contribution in [1.29, 1.82) is 0 Å². The van der Waals surface area contributed by atoms with E-state index in [1.807, 2.05) is 39.0 Å². The number of halogens is 3. The Morgan fingerprint density at radius 3 is 2.67 bits per heavy atom. The fraction of sp³-hybridized carbons (Fsp3) is 0.500. The van der Waals surface area contributed by atoms with Crippen LogP contribution < -0.4 is 15.4 Å². The van der Waals surface area contributed by atoms with Crippen molar-refractivity contribution in [3.63, 3.8) is 0 Å². The van der Waals surface area contributed by atoms with Gasteiger partial charge in [0.05, 0.1) is 19.7 Å². The number of thiazole rings is 1. The summed E-state index contributed by atoms with van der Waals surface area (Å²) in [6.45, 7) is 8.52. The van der Waals surface area contributed by atoms with Crippen LogP contribution in [-0.4, -0.2) is 37.3 Å². The zero-order valence-corrected chi connectivity index (χ0v) is 18.1. The third kappa shape index (κ3) is 7.83. The molecular formula is C20H27F3N4O2S. The Labute approximate surface area is 178 Å².